The van der Waals surface area contributed by atoms with Crippen molar-refractivity contribution in [1.82, 2.24) is 9.97 Å². The van der Waals surface area contributed by atoms with Crippen molar-refractivity contribution in [3.05, 3.63) is 58.7 Å². The van der Waals surface area contributed by atoms with Gasteiger partial charge in [-0.1, -0.05) is 31.2 Å². The lowest BCUT2D eigenvalue weighted by atomic mass is 10.1. The van der Waals surface area contributed by atoms with Gasteiger partial charge >= 0.3 is 0 Å². The Morgan fingerprint density at radius 2 is 2.00 bits per heavy atom. The molecule has 0 spiro atoms. The highest BCUT2D eigenvalue weighted by Crippen LogP contribution is 2.30. The molecule has 4 nitrogen and oxygen atoms in total. The number of aryl methyl sites for hydroxylation is 2. The van der Waals surface area contributed by atoms with Crippen LogP contribution < -0.4 is 4.90 Å². The van der Waals surface area contributed by atoms with Gasteiger partial charge in [0.1, 0.15) is 6.29 Å². The second-order valence-corrected chi connectivity index (χ2v) is 6.61. The van der Waals surface area contributed by atoms with E-state index in [2.05, 4.69) is 21.8 Å². The number of nitrogens with one attached hydrogen (secondary N) is 1. The lowest BCUT2D eigenvalue weighted by Gasteiger charge is -2.24. The fourth-order valence-electron chi connectivity index (χ4n) is 3.40. The first-order valence-electron chi connectivity index (χ1n) is 8.98. The molecule has 5 heteroatoms. The number of aldehydes is 1. The average molecular weight is 353 g/mol. The maximum absolute atomic E-state index is 14.3. The summed E-state index contributed by atoms with van der Waals surface area (Å²) in [5.41, 5.74) is 4.35. The number of benzene rings is 1. The van der Waals surface area contributed by atoms with Crippen molar-refractivity contribution in [2.24, 2.45) is 0 Å². The predicted molar refractivity (Wildman–Crippen MR) is 104 cm³/mol. The summed E-state index contributed by atoms with van der Waals surface area (Å²) in [4.78, 5) is 21.1. The highest BCUT2D eigenvalue weighted by atomic mass is 19.1. The topological polar surface area (TPSA) is 49.0 Å². The maximum atomic E-state index is 14.3. The zero-order valence-electron chi connectivity index (χ0n) is 15.5. The number of hydrogen-bond donors (Lipinski definition) is 1. The zero-order valence-corrected chi connectivity index (χ0v) is 15.5. The largest absolute Gasteiger partial charge is 0.355 e. The molecule has 26 heavy (non-hydrogen) atoms. The molecule has 3 rings (SSSR count). The quantitative estimate of drug-likeness (QED) is 0.632. The van der Waals surface area contributed by atoms with Gasteiger partial charge in [-0.2, -0.15) is 0 Å². The van der Waals surface area contributed by atoms with E-state index in [4.69, 9.17) is 0 Å². The fraction of sp³-hybridized carbons (Fsp3) is 0.333. The molecule has 1 N–H and O–H groups in total. The number of anilines is 1. The Balaban J connectivity index is 1.96. The minimum Gasteiger partial charge on any atom is -0.355 e. The Hall–Kier alpha value is -2.69. The molecule has 0 amide bonds. The molecule has 0 aliphatic rings. The first-order chi connectivity index (χ1) is 12.6. The van der Waals surface area contributed by atoms with Crippen molar-refractivity contribution in [2.75, 3.05) is 18.0 Å². The van der Waals surface area contributed by atoms with Crippen LogP contribution in [0.15, 0.2) is 30.5 Å². The Morgan fingerprint density at radius 3 is 2.73 bits per heavy atom. The first-order valence-corrected chi connectivity index (χ1v) is 8.98. The van der Waals surface area contributed by atoms with E-state index in [0.29, 0.717) is 17.5 Å². The molecule has 0 atom stereocenters. The van der Waals surface area contributed by atoms with E-state index < -0.39 is 0 Å². The number of carbonyl (C=O) groups excluding carboxylic acids is 1. The molecule has 0 aliphatic carbocycles. The zero-order chi connectivity index (χ0) is 18.7. The highest BCUT2D eigenvalue weighted by Gasteiger charge is 2.18. The molecule has 3 aromatic rings. The Kier molecular flexibility index (Phi) is 5.35. The summed E-state index contributed by atoms with van der Waals surface area (Å²) in [5, 5.41) is 0.613. The molecule has 0 radical (unpaired) electrons. The summed E-state index contributed by atoms with van der Waals surface area (Å²) >= 11 is 0. The van der Waals surface area contributed by atoms with Crippen LogP contribution in [0.2, 0.25) is 0 Å². The van der Waals surface area contributed by atoms with Gasteiger partial charge in [0.2, 0.25) is 0 Å². The SMILES string of the molecule is CCCN(CCc1ccccc1C=O)c1ncc(F)c2c(C)c(C)[nH]c12. The van der Waals surface area contributed by atoms with Gasteiger partial charge in [0.25, 0.3) is 0 Å². The third-order valence-electron chi connectivity index (χ3n) is 4.89. The van der Waals surface area contributed by atoms with Gasteiger partial charge in [-0.25, -0.2) is 9.37 Å². The summed E-state index contributed by atoms with van der Waals surface area (Å²) in [5.74, 6) is 0.469. The lowest BCUT2D eigenvalue weighted by molar-refractivity contribution is 0.112. The molecule has 136 valence electrons. The van der Waals surface area contributed by atoms with Crippen molar-refractivity contribution in [3.63, 3.8) is 0 Å². The van der Waals surface area contributed by atoms with Crippen molar-refractivity contribution in [1.29, 1.82) is 0 Å². The van der Waals surface area contributed by atoms with Crippen molar-refractivity contribution >= 4 is 23.0 Å². The standard InChI is InChI=1S/C21H24FN3O/c1-4-10-25(11-9-16-7-5-6-8-17(16)13-26)21-20-19(18(22)12-23-21)14(2)15(3)24-20/h5-8,12-13,24H,4,9-11H2,1-3H3. The summed E-state index contributed by atoms with van der Waals surface area (Å²) in [6.07, 6.45) is 3.88. The number of hydrogen-bond acceptors (Lipinski definition) is 3. The molecule has 0 fully saturated rings. The molecular weight excluding hydrogens is 329 g/mol. The van der Waals surface area contributed by atoms with Gasteiger partial charge in [0, 0.05) is 29.7 Å². The van der Waals surface area contributed by atoms with Crippen molar-refractivity contribution < 1.29 is 9.18 Å². The Labute approximate surface area is 153 Å². The fourth-order valence-corrected chi connectivity index (χ4v) is 3.40. The predicted octanol–water partition coefficient (Wildman–Crippen LogP) is 4.59. The van der Waals surface area contributed by atoms with Crippen molar-refractivity contribution in [2.45, 2.75) is 33.6 Å². The van der Waals surface area contributed by atoms with E-state index in [9.17, 15) is 9.18 Å². The van der Waals surface area contributed by atoms with E-state index in [0.717, 1.165) is 53.8 Å². The molecule has 2 heterocycles. The van der Waals surface area contributed by atoms with Crippen LogP contribution in [0.4, 0.5) is 10.2 Å². The number of halogens is 1. The number of pyridine rings is 1. The molecule has 2 aromatic heterocycles. The molecule has 0 bridgehead atoms. The minimum absolute atomic E-state index is 0.298. The third kappa shape index (κ3) is 3.34. The smallest absolute Gasteiger partial charge is 0.153 e. The molecule has 0 saturated heterocycles. The van der Waals surface area contributed by atoms with E-state index in [-0.39, 0.29) is 5.82 Å². The monoisotopic (exact) mass is 353 g/mol. The number of carbonyl (C=O) groups is 1. The Bertz CT molecular complexity index is 932. The first kappa shape index (κ1) is 18.1. The summed E-state index contributed by atoms with van der Waals surface area (Å²) in [6.45, 7) is 7.50. The third-order valence-corrected chi connectivity index (χ3v) is 4.89. The molecular formula is C21H24FN3O. The van der Waals surface area contributed by atoms with Crippen LogP contribution in [0.25, 0.3) is 10.9 Å². The highest BCUT2D eigenvalue weighted by molar-refractivity contribution is 5.93. The van der Waals surface area contributed by atoms with Gasteiger partial charge in [0.15, 0.2) is 11.6 Å². The van der Waals surface area contributed by atoms with Crippen molar-refractivity contribution in [3.8, 4) is 0 Å². The number of aromatic nitrogens is 2. The lowest BCUT2D eigenvalue weighted by Crippen LogP contribution is -2.28. The number of aromatic amines is 1. The number of H-pyrrole nitrogens is 1. The maximum Gasteiger partial charge on any atom is 0.153 e. The van der Waals surface area contributed by atoms with Gasteiger partial charge in [-0.15, -0.1) is 0 Å². The second kappa shape index (κ2) is 7.68. The number of rotatable bonds is 7. The van der Waals surface area contributed by atoms with Crippen LogP contribution in [-0.2, 0) is 6.42 Å². The Morgan fingerprint density at radius 1 is 1.23 bits per heavy atom. The molecule has 0 unspecified atom stereocenters. The van der Waals surface area contributed by atoms with Crippen LogP contribution in [-0.4, -0.2) is 29.3 Å². The van der Waals surface area contributed by atoms with E-state index >= 15 is 0 Å². The van der Waals surface area contributed by atoms with Crippen LogP contribution >= 0.6 is 0 Å². The van der Waals surface area contributed by atoms with E-state index in [1.165, 1.54) is 6.20 Å². The average Bonchev–Trinajstić information content (AvgIpc) is 2.95. The molecule has 1 aromatic carbocycles. The summed E-state index contributed by atoms with van der Waals surface area (Å²) in [7, 11) is 0. The van der Waals surface area contributed by atoms with Gasteiger partial charge in [-0.05, 0) is 37.8 Å². The van der Waals surface area contributed by atoms with Crippen LogP contribution in [0, 0.1) is 19.7 Å². The van der Waals surface area contributed by atoms with Crippen LogP contribution in [0.3, 0.4) is 0 Å². The minimum atomic E-state index is -0.298. The van der Waals surface area contributed by atoms with Gasteiger partial charge in [-0.3, -0.25) is 4.79 Å². The molecule has 0 saturated carbocycles. The van der Waals surface area contributed by atoms with Gasteiger partial charge < -0.3 is 9.88 Å². The summed E-state index contributed by atoms with van der Waals surface area (Å²) < 4.78 is 14.3. The van der Waals surface area contributed by atoms with Crippen LogP contribution in [0.5, 0.6) is 0 Å². The van der Waals surface area contributed by atoms with Gasteiger partial charge in [0.05, 0.1) is 11.7 Å². The summed E-state index contributed by atoms with van der Waals surface area (Å²) in [6, 6.07) is 7.62. The second-order valence-electron chi connectivity index (χ2n) is 6.61. The van der Waals surface area contributed by atoms with E-state index in [1.54, 1.807) is 0 Å². The normalized spacial score (nSPS) is 11.1. The van der Waals surface area contributed by atoms with E-state index in [1.807, 2.05) is 38.1 Å². The van der Waals surface area contributed by atoms with Crippen LogP contribution in [0.1, 0.15) is 40.5 Å². The number of fused-ring (bicyclic) bond motifs is 1. The molecule has 0 aliphatic heterocycles. The number of nitrogens with zero attached hydrogens (tertiary/aromatic N) is 2.